The van der Waals surface area contributed by atoms with Crippen LogP contribution in [-0.2, 0) is 40.0 Å². The number of amides is 1. The SMILES string of the molecule is Cc1cc(CS(=O)(=O)N[C@@H](CNC(=O)c2cnn(CCc3ccc4c(n3)NCCC4)c2)C(=O)O)no1. The molecule has 1 aliphatic rings. The fourth-order valence-corrected chi connectivity index (χ4v) is 4.98. The van der Waals surface area contributed by atoms with Gasteiger partial charge in [-0.3, -0.25) is 14.3 Å². The molecule has 0 aromatic carbocycles. The number of carboxylic acid groups (broad SMARTS) is 1. The summed E-state index contributed by atoms with van der Waals surface area (Å²) in [7, 11) is -4.05. The summed E-state index contributed by atoms with van der Waals surface area (Å²) in [4.78, 5) is 28.7. The second kappa shape index (κ2) is 10.9. The van der Waals surface area contributed by atoms with E-state index in [9.17, 15) is 23.1 Å². The van der Waals surface area contributed by atoms with Gasteiger partial charge in [-0.1, -0.05) is 11.2 Å². The molecule has 14 heteroatoms. The molecule has 4 heterocycles. The van der Waals surface area contributed by atoms with Gasteiger partial charge >= 0.3 is 5.97 Å². The Bertz CT molecular complexity index is 1350. The average Bonchev–Trinajstić information content (AvgIpc) is 3.48. The molecule has 4 rings (SSSR count). The molecule has 3 aromatic heterocycles. The molecule has 0 unspecified atom stereocenters. The van der Waals surface area contributed by atoms with E-state index < -0.39 is 40.2 Å². The molecule has 0 spiro atoms. The van der Waals surface area contributed by atoms with Crippen LogP contribution in [0.15, 0.2) is 35.1 Å². The highest BCUT2D eigenvalue weighted by Crippen LogP contribution is 2.20. The molecule has 0 radical (unpaired) electrons. The van der Waals surface area contributed by atoms with Crippen molar-refractivity contribution in [2.45, 2.75) is 44.5 Å². The van der Waals surface area contributed by atoms with E-state index >= 15 is 0 Å². The maximum atomic E-state index is 12.5. The standard InChI is InChI=1S/C22H27N7O6S/c1-14-9-18(27-35-14)13-36(33,34)28-19(22(31)32)11-24-21(30)16-10-25-29(12-16)8-6-17-5-4-15-3-2-7-23-20(15)26-17/h4-5,9-10,12,19,28H,2-3,6-8,11,13H2,1H3,(H,23,26)(H,24,30)(H,31,32)/t19-/m0/s1. The number of carbonyl (C=O) groups excluding carboxylic acids is 1. The number of hydrogen-bond donors (Lipinski definition) is 4. The third-order valence-corrected chi connectivity index (χ3v) is 6.87. The number of aliphatic carboxylic acids is 1. The van der Waals surface area contributed by atoms with Gasteiger partial charge in [0.2, 0.25) is 10.0 Å². The van der Waals surface area contributed by atoms with Gasteiger partial charge in [-0.2, -0.15) is 9.82 Å². The zero-order chi connectivity index (χ0) is 25.7. The molecule has 1 aliphatic heterocycles. The molecular weight excluding hydrogens is 490 g/mol. The second-order valence-electron chi connectivity index (χ2n) is 8.49. The third-order valence-electron chi connectivity index (χ3n) is 5.55. The minimum atomic E-state index is -4.05. The number of anilines is 1. The van der Waals surface area contributed by atoms with Gasteiger partial charge in [-0.25, -0.2) is 13.4 Å². The summed E-state index contributed by atoms with van der Waals surface area (Å²) in [6.45, 7) is 2.56. The van der Waals surface area contributed by atoms with Crippen molar-refractivity contribution in [1.82, 2.24) is 30.0 Å². The van der Waals surface area contributed by atoms with Gasteiger partial charge in [0.1, 0.15) is 29.1 Å². The largest absolute Gasteiger partial charge is 0.480 e. The van der Waals surface area contributed by atoms with E-state index in [-0.39, 0.29) is 11.3 Å². The van der Waals surface area contributed by atoms with E-state index in [1.165, 1.54) is 17.8 Å². The van der Waals surface area contributed by atoms with Crippen molar-refractivity contribution in [1.29, 1.82) is 0 Å². The molecular formula is C22H27N7O6S. The van der Waals surface area contributed by atoms with E-state index in [0.717, 1.165) is 30.9 Å². The lowest BCUT2D eigenvalue weighted by atomic mass is 10.1. The predicted octanol–water partition coefficient (Wildman–Crippen LogP) is 0.478. The first-order valence-electron chi connectivity index (χ1n) is 11.4. The zero-order valence-electron chi connectivity index (χ0n) is 19.6. The molecule has 3 aromatic rings. The van der Waals surface area contributed by atoms with Gasteiger partial charge in [0, 0.05) is 44.0 Å². The first-order chi connectivity index (χ1) is 17.2. The lowest BCUT2D eigenvalue weighted by Crippen LogP contribution is -2.48. The maximum absolute atomic E-state index is 12.5. The highest BCUT2D eigenvalue weighted by atomic mass is 32.2. The highest BCUT2D eigenvalue weighted by molar-refractivity contribution is 7.88. The Hall–Kier alpha value is -3.78. The first-order valence-corrected chi connectivity index (χ1v) is 13.0. The zero-order valence-corrected chi connectivity index (χ0v) is 20.4. The molecule has 36 heavy (non-hydrogen) atoms. The van der Waals surface area contributed by atoms with Crippen LogP contribution >= 0.6 is 0 Å². The Balaban J connectivity index is 1.29. The van der Waals surface area contributed by atoms with Gasteiger partial charge in [-0.15, -0.1) is 0 Å². The molecule has 0 fully saturated rings. The second-order valence-corrected chi connectivity index (χ2v) is 10.2. The summed E-state index contributed by atoms with van der Waals surface area (Å²) >= 11 is 0. The molecule has 0 bridgehead atoms. The fourth-order valence-electron chi connectivity index (χ4n) is 3.76. The van der Waals surface area contributed by atoms with Crippen molar-refractivity contribution in [3.63, 3.8) is 0 Å². The topological polar surface area (TPSA) is 181 Å². The molecule has 0 saturated carbocycles. The Morgan fingerprint density at radius 2 is 2.14 bits per heavy atom. The number of rotatable bonds is 11. The van der Waals surface area contributed by atoms with Crippen LogP contribution in [-0.4, -0.2) is 64.5 Å². The van der Waals surface area contributed by atoms with Crippen LogP contribution in [0.2, 0.25) is 0 Å². The van der Waals surface area contributed by atoms with Crippen LogP contribution in [0.4, 0.5) is 5.82 Å². The number of aromatic nitrogens is 4. The van der Waals surface area contributed by atoms with E-state index in [1.54, 1.807) is 17.8 Å². The van der Waals surface area contributed by atoms with Crippen molar-refractivity contribution in [3.8, 4) is 0 Å². The summed E-state index contributed by atoms with van der Waals surface area (Å²) in [6, 6.07) is 3.93. The van der Waals surface area contributed by atoms with Gasteiger partial charge < -0.3 is 20.3 Å². The number of nitrogens with zero attached hydrogens (tertiary/aromatic N) is 4. The van der Waals surface area contributed by atoms with Crippen LogP contribution in [0.3, 0.4) is 0 Å². The first kappa shape index (κ1) is 25.3. The Morgan fingerprint density at radius 1 is 1.31 bits per heavy atom. The molecule has 1 atom stereocenters. The fraction of sp³-hybridized carbons (Fsp3) is 0.409. The Labute approximate surface area is 207 Å². The molecule has 4 N–H and O–H groups in total. The average molecular weight is 518 g/mol. The van der Waals surface area contributed by atoms with E-state index in [4.69, 9.17) is 4.52 Å². The van der Waals surface area contributed by atoms with Crippen molar-refractivity contribution >= 4 is 27.7 Å². The lowest BCUT2D eigenvalue weighted by Gasteiger charge is -2.17. The normalized spacial score (nSPS) is 14.0. The van der Waals surface area contributed by atoms with Gasteiger partial charge in [-0.05, 0) is 31.4 Å². The highest BCUT2D eigenvalue weighted by Gasteiger charge is 2.26. The summed E-state index contributed by atoms with van der Waals surface area (Å²) in [5.41, 5.74) is 2.47. The lowest BCUT2D eigenvalue weighted by molar-refractivity contribution is -0.138. The van der Waals surface area contributed by atoms with Gasteiger partial charge in [0.25, 0.3) is 5.91 Å². The quantitative estimate of drug-likeness (QED) is 0.279. The van der Waals surface area contributed by atoms with Crippen molar-refractivity contribution in [2.24, 2.45) is 0 Å². The Morgan fingerprint density at radius 3 is 2.89 bits per heavy atom. The van der Waals surface area contributed by atoms with Crippen LogP contribution in [0.1, 0.15) is 39.5 Å². The van der Waals surface area contributed by atoms with Crippen LogP contribution in [0.25, 0.3) is 0 Å². The third kappa shape index (κ3) is 6.66. The molecule has 1 amide bonds. The molecule has 0 saturated heterocycles. The predicted molar refractivity (Wildman–Crippen MR) is 128 cm³/mol. The monoisotopic (exact) mass is 517 g/mol. The van der Waals surface area contributed by atoms with Crippen molar-refractivity contribution in [2.75, 3.05) is 18.4 Å². The van der Waals surface area contributed by atoms with E-state index in [0.29, 0.717) is 18.7 Å². The smallest absolute Gasteiger partial charge is 0.323 e. The maximum Gasteiger partial charge on any atom is 0.323 e. The van der Waals surface area contributed by atoms with E-state index in [1.807, 2.05) is 6.07 Å². The molecule has 192 valence electrons. The summed E-state index contributed by atoms with van der Waals surface area (Å²) in [5.74, 6) is -1.21. The number of fused-ring (bicyclic) bond motifs is 1. The molecule has 0 aliphatic carbocycles. The summed E-state index contributed by atoms with van der Waals surface area (Å²) < 4.78 is 33.1. The van der Waals surface area contributed by atoms with Gasteiger partial charge in [0.15, 0.2) is 0 Å². The number of nitrogens with one attached hydrogen (secondary N) is 3. The van der Waals surface area contributed by atoms with Gasteiger partial charge in [0.05, 0.1) is 11.8 Å². The minimum absolute atomic E-state index is 0.141. The molecule has 13 nitrogen and oxygen atoms in total. The number of carbonyl (C=O) groups is 2. The Kier molecular flexibility index (Phi) is 7.64. The number of aryl methyl sites for hydroxylation is 4. The van der Waals surface area contributed by atoms with Crippen LogP contribution < -0.4 is 15.4 Å². The number of carboxylic acids is 1. The van der Waals surface area contributed by atoms with Crippen molar-refractivity contribution in [3.05, 3.63) is 58.9 Å². The number of pyridine rings is 1. The number of hydrogen-bond acceptors (Lipinski definition) is 9. The summed E-state index contributed by atoms with van der Waals surface area (Å²) in [5, 5.41) is 22.9. The number of sulfonamides is 1. The minimum Gasteiger partial charge on any atom is -0.480 e. The van der Waals surface area contributed by atoms with E-state index in [2.05, 4.69) is 36.7 Å². The summed E-state index contributed by atoms with van der Waals surface area (Å²) in [6.07, 6.45) is 5.63. The van der Waals surface area contributed by atoms with Crippen LogP contribution in [0, 0.1) is 6.92 Å². The van der Waals surface area contributed by atoms with Crippen LogP contribution in [0.5, 0.6) is 0 Å². The van der Waals surface area contributed by atoms with Crippen molar-refractivity contribution < 1.29 is 27.6 Å².